The summed E-state index contributed by atoms with van der Waals surface area (Å²) < 4.78 is 1.72. The molecule has 0 aromatic carbocycles. The second-order valence-electron chi connectivity index (χ2n) is 8.13. The van der Waals surface area contributed by atoms with Crippen molar-refractivity contribution in [3.8, 4) is 0 Å². The van der Waals surface area contributed by atoms with Gasteiger partial charge in [-0.1, -0.05) is 13.8 Å². The Morgan fingerprint density at radius 2 is 1.88 bits per heavy atom. The number of piperidine rings is 1. The van der Waals surface area contributed by atoms with Crippen LogP contribution in [0.25, 0.3) is 0 Å². The van der Waals surface area contributed by atoms with E-state index in [0.29, 0.717) is 5.92 Å². The zero-order chi connectivity index (χ0) is 17.3. The molecule has 0 aliphatic carbocycles. The van der Waals surface area contributed by atoms with Crippen molar-refractivity contribution in [2.24, 2.45) is 24.8 Å². The first-order valence-electron chi connectivity index (χ1n) is 9.46. The Morgan fingerprint density at radius 1 is 1.21 bits per heavy atom. The molecule has 0 unspecified atom stereocenters. The summed E-state index contributed by atoms with van der Waals surface area (Å²) in [7, 11) is 1.86. The van der Waals surface area contributed by atoms with Crippen LogP contribution in [0.3, 0.4) is 0 Å². The minimum Gasteiger partial charge on any atom is -0.337 e. The van der Waals surface area contributed by atoms with Gasteiger partial charge < -0.3 is 9.80 Å². The molecule has 3 heterocycles. The van der Waals surface area contributed by atoms with Crippen LogP contribution in [0.5, 0.6) is 0 Å². The number of carbonyl (C=O) groups excluding carboxylic acids is 1. The summed E-state index contributed by atoms with van der Waals surface area (Å²) >= 11 is 0. The highest BCUT2D eigenvalue weighted by molar-refractivity contribution is 5.92. The van der Waals surface area contributed by atoms with Crippen molar-refractivity contribution in [1.29, 1.82) is 0 Å². The fraction of sp³-hybridized carbons (Fsp3) is 0.789. The van der Waals surface area contributed by atoms with Crippen LogP contribution in [0, 0.1) is 24.7 Å². The molecule has 1 aromatic rings. The molecule has 1 atom stereocenters. The van der Waals surface area contributed by atoms with E-state index in [1.165, 1.54) is 32.5 Å². The Balaban J connectivity index is 1.53. The quantitative estimate of drug-likeness (QED) is 0.851. The number of carbonyl (C=O) groups is 1. The summed E-state index contributed by atoms with van der Waals surface area (Å²) in [4.78, 5) is 17.4. The van der Waals surface area contributed by atoms with Gasteiger partial charge in [0.05, 0.1) is 5.69 Å². The lowest BCUT2D eigenvalue weighted by molar-refractivity contribution is 0.0761. The fourth-order valence-corrected chi connectivity index (χ4v) is 4.45. The molecule has 5 nitrogen and oxygen atoms in total. The largest absolute Gasteiger partial charge is 0.337 e. The maximum absolute atomic E-state index is 12.7. The maximum atomic E-state index is 12.7. The molecule has 2 fully saturated rings. The number of likely N-dealkylation sites (tertiary alicyclic amines) is 2. The average molecular weight is 332 g/mol. The molecule has 2 aliphatic heterocycles. The second-order valence-corrected chi connectivity index (χ2v) is 8.13. The van der Waals surface area contributed by atoms with E-state index >= 15 is 0 Å². The lowest BCUT2D eigenvalue weighted by Gasteiger charge is -2.35. The molecular formula is C19H32N4O. The standard InChI is InChI=1S/C19H32N4O/c1-14(2)12-22-8-5-16(6-9-22)17-7-10-23(13-17)19(24)18-11-15(3)20-21(18)4/h11,14,16-17H,5-10,12-13H2,1-4H3/t17-/m1/s1. The number of hydrogen-bond donors (Lipinski definition) is 0. The first kappa shape index (κ1) is 17.5. The van der Waals surface area contributed by atoms with Crippen molar-refractivity contribution in [2.45, 2.75) is 40.0 Å². The molecule has 24 heavy (non-hydrogen) atoms. The third kappa shape index (κ3) is 3.82. The lowest BCUT2D eigenvalue weighted by atomic mass is 9.83. The van der Waals surface area contributed by atoms with Gasteiger partial charge in [0.1, 0.15) is 5.69 Å². The van der Waals surface area contributed by atoms with Crippen LogP contribution >= 0.6 is 0 Å². The van der Waals surface area contributed by atoms with Crippen molar-refractivity contribution in [3.63, 3.8) is 0 Å². The lowest BCUT2D eigenvalue weighted by Crippen LogP contribution is -2.39. The molecule has 0 spiro atoms. The van der Waals surface area contributed by atoms with Crippen LogP contribution < -0.4 is 0 Å². The van der Waals surface area contributed by atoms with Crippen LogP contribution in [0.15, 0.2) is 6.07 Å². The third-order valence-corrected chi connectivity index (χ3v) is 5.66. The number of aryl methyl sites for hydroxylation is 2. The second kappa shape index (κ2) is 7.26. The van der Waals surface area contributed by atoms with Gasteiger partial charge in [0.15, 0.2) is 0 Å². The van der Waals surface area contributed by atoms with Gasteiger partial charge in [-0.2, -0.15) is 5.10 Å². The monoisotopic (exact) mass is 332 g/mol. The van der Waals surface area contributed by atoms with Crippen LogP contribution in [0.1, 0.15) is 49.3 Å². The van der Waals surface area contributed by atoms with E-state index in [1.807, 2.05) is 24.9 Å². The fourth-order valence-electron chi connectivity index (χ4n) is 4.45. The first-order valence-corrected chi connectivity index (χ1v) is 9.46. The number of amides is 1. The van der Waals surface area contributed by atoms with Gasteiger partial charge >= 0.3 is 0 Å². The Kier molecular flexibility index (Phi) is 5.28. The zero-order valence-corrected chi connectivity index (χ0v) is 15.7. The van der Waals surface area contributed by atoms with Crippen molar-refractivity contribution in [2.75, 3.05) is 32.7 Å². The third-order valence-electron chi connectivity index (χ3n) is 5.66. The van der Waals surface area contributed by atoms with Gasteiger partial charge in [-0.3, -0.25) is 9.48 Å². The highest BCUT2D eigenvalue weighted by atomic mass is 16.2. The summed E-state index contributed by atoms with van der Waals surface area (Å²) in [6.07, 6.45) is 3.76. The van der Waals surface area contributed by atoms with E-state index in [4.69, 9.17) is 0 Å². The maximum Gasteiger partial charge on any atom is 0.272 e. The molecule has 2 aliphatic rings. The highest BCUT2D eigenvalue weighted by Gasteiger charge is 2.34. The molecular weight excluding hydrogens is 300 g/mol. The SMILES string of the molecule is Cc1cc(C(=O)N2CC[C@@H](C3CCN(CC(C)C)CC3)C2)n(C)n1. The molecule has 5 heteroatoms. The highest BCUT2D eigenvalue weighted by Crippen LogP contribution is 2.32. The van der Waals surface area contributed by atoms with Gasteiger partial charge in [-0.05, 0) is 63.1 Å². The summed E-state index contributed by atoms with van der Waals surface area (Å²) in [5, 5.41) is 4.31. The first-order chi connectivity index (χ1) is 11.4. The Labute approximate surface area is 146 Å². The summed E-state index contributed by atoms with van der Waals surface area (Å²) in [5.41, 5.74) is 1.63. The van der Waals surface area contributed by atoms with Crippen molar-refractivity contribution < 1.29 is 4.79 Å². The van der Waals surface area contributed by atoms with E-state index in [9.17, 15) is 4.79 Å². The van der Waals surface area contributed by atoms with Crippen LogP contribution in [-0.2, 0) is 7.05 Å². The van der Waals surface area contributed by atoms with Crippen LogP contribution in [-0.4, -0.2) is 58.2 Å². The van der Waals surface area contributed by atoms with Crippen molar-refractivity contribution in [3.05, 3.63) is 17.5 Å². The zero-order valence-electron chi connectivity index (χ0n) is 15.7. The van der Waals surface area contributed by atoms with E-state index in [1.54, 1.807) is 4.68 Å². The minimum absolute atomic E-state index is 0.151. The Hall–Kier alpha value is -1.36. The van der Waals surface area contributed by atoms with Gasteiger partial charge in [0.2, 0.25) is 0 Å². The predicted molar refractivity (Wildman–Crippen MR) is 96.0 cm³/mol. The normalized spacial score (nSPS) is 23.4. The van der Waals surface area contributed by atoms with Crippen LogP contribution in [0.4, 0.5) is 0 Å². The van der Waals surface area contributed by atoms with E-state index < -0.39 is 0 Å². The van der Waals surface area contributed by atoms with Crippen molar-refractivity contribution >= 4 is 5.91 Å². The molecule has 0 bridgehead atoms. The Bertz CT molecular complexity index is 572. The predicted octanol–water partition coefficient (Wildman–Crippen LogP) is 2.56. The van der Waals surface area contributed by atoms with E-state index in [0.717, 1.165) is 42.7 Å². The summed E-state index contributed by atoms with van der Waals surface area (Å²) in [6.45, 7) is 12.1. The Morgan fingerprint density at radius 3 is 2.46 bits per heavy atom. The van der Waals surface area contributed by atoms with E-state index in [-0.39, 0.29) is 5.91 Å². The van der Waals surface area contributed by atoms with E-state index in [2.05, 4.69) is 23.8 Å². The average Bonchev–Trinajstić information content (AvgIpc) is 3.13. The number of hydrogen-bond acceptors (Lipinski definition) is 3. The molecule has 1 aromatic heterocycles. The molecule has 2 saturated heterocycles. The molecule has 0 radical (unpaired) electrons. The molecule has 0 saturated carbocycles. The minimum atomic E-state index is 0.151. The van der Waals surface area contributed by atoms with Gasteiger partial charge in [0, 0.05) is 26.7 Å². The summed E-state index contributed by atoms with van der Waals surface area (Å²) in [6, 6.07) is 1.90. The van der Waals surface area contributed by atoms with Gasteiger partial charge in [-0.15, -0.1) is 0 Å². The molecule has 134 valence electrons. The van der Waals surface area contributed by atoms with Crippen molar-refractivity contribution in [1.82, 2.24) is 19.6 Å². The smallest absolute Gasteiger partial charge is 0.272 e. The van der Waals surface area contributed by atoms with Gasteiger partial charge in [-0.25, -0.2) is 0 Å². The van der Waals surface area contributed by atoms with Crippen LogP contribution in [0.2, 0.25) is 0 Å². The molecule has 3 rings (SSSR count). The summed E-state index contributed by atoms with van der Waals surface area (Å²) in [5.74, 6) is 2.38. The number of nitrogens with zero attached hydrogens (tertiary/aromatic N) is 4. The molecule has 0 N–H and O–H groups in total. The topological polar surface area (TPSA) is 41.4 Å². The number of rotatable bonds is 4. The van der Waals surface area contributed by atoms with Gasteiger partial charge in [0.25, 0.3) is 5.91 Å². The molecule has 1 amide bonds. The number of aromatic nitrogens is 2.